The van der Waals surface area contributed by atoms with Gasteiger partial charge < -0.3 is 4.74 Å². The minimum atomic E-state index is -0.523. The van der Waals surface area contributed by atoms with Crippen LogP contribution >= 0.6 is 11.6 Å². The predicted octanol–water partition coefficient (Wildman–Crippen LogP) is 3.33. The summed E-state index contributed by atoms with van der Waals surface area (Å²) in [5.41, 5.74) is 2.34. The quantitative estimate of drug-likeness (QED) is 0.493. The smallest absolute Gasteiger partial charge is 0.313 e. The number of nitrogens with zero attached hydrogens (tertiary/aromatic N) is 3. The third kappa shape index (κ3) is 2.55. The summed E-state index contributed by atoms with van der Waals surface area (Å²) in [7, 11) is 1.57. The molecule has 0 unspecified atom stereocenters. The van der Waals surface area contributed by atoms with Crippen molar-refractivity contribution >= 4 is 17.3 Å². The number of hydrogen-bond donors (Lipinski definition) is 0. The normalized spacial score (nSPS) is 10.4. The molecule has 20 heavy (non-hydrogen) atoms. The zero-order valence-electron chi connectivity index (χ0n) is 11.2. The molecular weight excluding hydrogens is 282 g/mol. The highest BCUT2D eigenvalue weighted by molar-refractivity contribution is 6.28. The average molecular weight is 294 g/mol. The van der Waals surface area contributed by atoms with Crippen LogP contribution < -0.4 is 4.74 Å². The van der Waals surface area contributed by atoms with Crippen molar-refractivity contribution in [1.82, 2.24) is 9.97 Å². The lowest BCUT2D eigenvalue weighted by atomic mass is 10.0. The van der Waals surface area contributed by atoms with Crippen LogP contribution in [0.25, 0.3) is 11.3 Å². The van der Waals surface area contributed by atoms with E-state index < -0.39 is 4.92 Å². The summed E-state index contributed by atoms with van der Waals surface area (Å²) < 4.78 is 5.23. The summed E-state index contributed by atoms with van der Waals surface area (Å²) in [6.45, 7) is 3.69. The molecule has 0 aliphatic carbocycles. The van der Waals surface area contributed by atoms with E-state index in [4.69, 9.17) is 16.3 Å². The van der Waals surface area contributed by atoms with E-state index >= 15 is 0 Å². The van der Waals surface area contributed by atoms with Crippen molar-refractivity contribution < 1.29 is 9.66 Å². The summed E-state index contributed by atoms with van der Waals surface area (Å²) >= 11 is 5.75. The van der Waals surface area contributed by atoms with Crippen LogP contribution in [0.2, 0.25) is 5.28 Å². The fraction of sp³-hybridized carbons (Fsp3) is 0.231. The molecule has 0 radical (unpaired) electrons. The summed E-state index contributed by atoms with van der Waals surface area (Å²) in [6, 6.07) is 3.60. The number of methoxy groups -OCH3 is 1. The molecular formula is C13H12ClN3O3. The van der Waals surface area contributed by atoms with Crippen LogP contribution in [0.15, 0.2) is 18.3 Å². The number of aryl methyl sites for hydroxylation is 2. The first-order valence-corrected chi connectivity index (χ1v) is 6.14. The number of rotatable bonds is 3. The second kappa shape index (κ2) is 5.42. The van der Waals surface area contributed by atoms with Gasteiger partial charge in [-0.3, -0.25) is 10.1 Å². The van der Waals surface area contributed by atoms with Crippen LogP contribution in [-0.2, 0) is 0 Å². The number of nitro groups is 1. The first-order chi connectivity index (χ1) is 9.43. The highest BCUT2D eigenvalue weighted by Gasteiger charge is 2.21. The third-order valence-corrected chi connectivity index (χ3v) is 3.12. The Morgan fingerprint density at radius 3 is 2.60 bits per heavy atom. The van der Waals surface area contributed by atoms with E-state index in [1.807, 2.05) is 19.9 Å². The lowest BCUT2D eigenvalue weighted by molar-refractivity contribution is -0.384. The predicted molar refractivity (Wildman–Crippen MR) is 75.2 cm³/mol. The molecule has 7 heteroatoms. The number of halogens is 1. The maximum absolute atomic E-state index is 11.1. The van der Waals surface area contributed by atoms with Crippen LogP contribution in [0.5, 0.6) is 5.75 Å². The largest absolute Gasteiger partial charge is 0.496 e. The maximum Gasteiger partial charge on any atom is 0.313 e. The topological polar surface area (TPSA) is 78.2 Å². The number of hydrogen-bond acceptors (Lipinski definition) is 5. The lowest BCUT2D eigenvalue weighted by Crippen LogP contribution is -1.99. The third-order valence-electron chi connectivity index (χ3n) is 2.93. The Labute approximate surface area is 120 Å². The first kappa shape index (κ1) is 14.2. The molecule has 1 aromatic heterocycles. The van der Waals surface area contributed by atoms with Gasteiger partial charge in [0.15, 0.2) is 5.69 Å². The van der Waals surface area contributed by atoms with E-state index in [1.54, 1.807) is 13.2 Å². The van der Waals surface area contributed by atoms with Crippen molar-refractivity contribution in [2.24, 2.45) is 0 Å². The molecule has 0 aliphatic rings. The van der Waals surface area contributed by atoms with Crippen molar-refractivity contribution in [1.29, 1.82) is 0 Å². The van der Waals surface area contributed by atoms with Crippen molar-refractivity contribution in [2.45, 2.75) is 13.8 Å². The molecule has 2 rings (SSSR count). The minimum Gasteiger partial charge on any atom is -0.496 e. The van der Waals surface area contributed by atoms with E-state index in [0.29, 0.717) is 11.3 Å². The molecule has 2 aromatic rings. The van der Waals surface area contributed by atoms with E-state index in [-0.39, 0.29) is 16.7 Å². The van der Waals surface area contributed by atoms with Crippen molar-refractivity contribution in [3.63, 3.8) is 0 Å². The fourth-order valence-electron chi connectivity index (χ4n) is 1.95. The van der Waals surface area contributed by atoms with Crippen LogP contribution in [0.1, 0.15) is 11.1 Å². The highest BCUT2D eigenvalue weighted by atomic mass is 35.5. The van der Waals surface area contributed by atoms with Gasteiger partial charge in [-0.2, -0.15) is 0 Å². The molecule has 6 nitrogen and oxygen atoms in total. The molecule has 1 heterocycles. The van der Waals surface area contributed by atoms with Crippen molar-refractivity contribution in [2.75, 3.05) is 7.11 Å². The van der Waals surface area contributed by atoms with Gasteiger partial charge in [0.1, 0.15) is 11.9 Å². The second-order valence-electron chi connectivity index (χ2n) is 4.27. The average Bonchev–Trinajstić information content (AvgIpc) is 2.40. The molecule has 0 saturated heterocycles. The number of aromatic nitrogens is 2. The van der Waals surface area contributed by atoms with Gasteiger partial charge >= 0.3 is 5.69 Å². The van der Waals surface area contributed by atoms with Gasteiger partial charge in [0.2, 0.25) is 5.28 Å². The molecule has 104 valence electrons. The molecule has 0 atom stereocenters. The van der Waals surface area contributed by atoms with Gasteiger partial charge in [-0.25, -0.2) is 9.97 Å². The summed E-state index contributed by atoms with van der Waals surface area (Å²) in [6.07, 6.45) is 1.11. The second-order valence-corrected chi connectivity index (χ2v) is 4.60. The van der Waals surface area contributed by atoms with Crippen LogP contribution in [-0.4, -0.2) is 22.0 Å². The van der Waals surface area contributed by atoms with E-state index in [2.05, 4.69) is 9.97 Å². The van der Waals surface area contributed by atoms with Gasteiger partial charge in [-0.05, 0) is 48.7 Å². The summed E-state index contributed by atoms with van der Waals surface area (Å²) in [5.74, 6) is 0.717. The SMILES string of the molecule is COc1cc(C)c(-c2nc(Cl)ncc2[N+](=O)[O-])cc1C. The Hall–Kier alpha value is -2.21. The Morgan fingerprint density at radius 1 is 1.30 bits per heavy atom. The Bertz CT molecular complexity index is 689. The van der Waals surface area contributed by atoms with E-state index in [0.717, 1.165) is 17.3 Å². The zero-order valence-corrected chi connectivity index (χ0v) is 11.9. The number of ether oxygens (including phenoxy) is 1. The fourth-order valence-corrected chi connectivity index (χ4v) is 2.08. The van der Waals surface area contributed by atoms with Gasteiger partial charge in [0.25, 0.3) is 0 Å². The first-order valence-electron chi connectivity index (χ1n) is 5.76. The molecule has 0 fully saturated rings. The lowest BCUT2D eigenvalue weighted by Gasteiger charge is -2.11. The van der Waals surface area contributed by atoms with Crippen LogP contribution in [0.4, 0.5) is 5.69 Å². The molecule has 0 amide bonds. The number of benzene rings is 1. The molecule has 0 spiro atoms. The van der Waals surface area contributed by atoms with Gasteiger partial charge in [-0.15, -0.1) is 0 Å². The molecule has 0 aliphatic heterocycles. The van der Waals surface area contributed by atoms with E-state index in [1.165, 1.54) is 0 Å². The van der Waals surface area contributed by atoms with E-state index in [9.17, 15) is 10.1 Å². The zero-order chi connectivity index (χ0) is 14.9. The van der Waals surface area contributed by atoms with Gasteiger partial charge in [-0.1, -0.05) is 0 Å². The maximum atomic E-state index is 11.1. The summed E-state index contributed by atoms with van der Waals surface area (Å²) in [5, 5.41) is 11.1. The van der Waals surface area contributed by atoms with Gasteiger partial charge in [0, 0.05) is 5.56 Å². The minimum absolute atomic E-state index is 0.0292. The summed E-state index contributed by atoms with van der Waals surface area (Å²) in [4.78, 5) is 18.2. The van der Waals surface area contributed by atoms with Crippen molar-refractivity contribution in [3.8, 4) is 17.0 Å². The Kier molecular flexibility index (Phi) is 3.85. The Balaban J connectivity index is 2.71. The molecule has 1 aromatic carbocycles. The molecule has 0 N–H and O–H groups in total. The van der Waals surface area contributed by atoms with Gasteiger partial charge in [0.05, 0.1) is 12.0 Å². The molecule has 0 bridgehead atoms. The highest BCUT2D eigenvalue weighted by Crippen LogP contribution is 2.34. The molecule has 0 saturated carbocycles. The Morgan fingerprint density at radius 2 is 2.00 bits per heavy atom. The standard InChI is InChI=1S/C13H12ClN3O3/c1-7-5-11(20-3)8(2)4-9(7)12-10(17(18)19)6-15-13(14)16-12/h4-6H,1-3H3. The van der Waals surface area contributed by atoms with Crippen LogP contribution in [0.3, 0.4) is 0 Å². The van der Waals surface area contributed by atoms with Crippen LogP contribution in [0, 0.1) is 24.0 Å². The van der Waals surface area contributed by atoms with Crippen molar-refractivity contribution in [3.05, 3.63) is 44.9 Å². The monoisotopic (exact) mass is 293 g/mol.